The molecule has 0 bridgehead atoms. The summed E-state index contributed by atoms with van der Waals surface area (Å²) in [4.78, 5) is 0.0373. The molecule has 4 heteroatoms. The van der Waals surface area contributed by atoms with Crippen LogP contribution >= 0.6 is 0 Å². The van der Waals surface area contributed by atoms with E-state index in [9.17, 15) is 13.0 Å². The molecule has 0 radical (unpaired) electrons. The second kappa shape index (κ2) is 26.6. The van der Waals surface area contributed by atoms with Gasteiger partial charge in [-0.1, -0.05) is 199 Å². The number of rotatable bonds is 31. The molecular formula is C42H72O3S. The summed E-state index contributed by atoms with van der Waals surface area (Å²) >= 11 is 0. The third-order valence-electron chi connectivity index (χ3n) is 10.0. The average Bonchev–Trinajstić information content (AvgIpc) is 3.04. The molecule has 2 rings (SSSR count). The van der Waals surface area contributed by atoms with Gasteiger partial charge in [0.2, 0.25) is 0 Å². The maximum atomic E-state index is 12.1. The Kier molecular flexibility index (Phi) is 23.5. The maximum absolute atomic E-state index is 12.1. The van der Waals surface area contributed by atoms with Crippen LogP contribution in [0, 0.1) is 0 Å². The summed E-state index contributed by atoms with van der Waals surface area (Å²) in [6.07, 6.45) is 40.0. The lowest BCUT2D eigenvalue weighted by atomic mass is 9.93. The van der Waals surface area contributed by atoms with Crippen molar-refractivity contribution in [1.29, 1.82) is 0 Å². The molecule has 1 N–H and O–H groups in total. The monoisotopic (exact) mass is 657 g/mol. The first-order valence-corrected chi connectivity index (χ1v) is 21.4. The van der Waals surface area contributed by atoms with Gasteiger partial charge < -0.3 is 0 Å². The van der Waals surface area contributed by atoms with E-state index in [2.05, 4.69) is 26.0 Å². The molecule has 264 valence electrons. The van der Waals surface area contributed by atoms with Crippen LogP contribution in [0.2, 0.25) is 0 Å². The molecule has 46 heavy (non-hydrogen) atoms. The number of benzene rings is 2. The van der Waals surface area contributed by atoms with Gasteiger partial charge in [0.25, 0.3) is 10.1 Å². The highest BCUT2D eigenvalue weighted by atomic mass is 32.2. The minimum absolute atomic E-state index is 0.0373. The summed E-state index contributed by atoms with van der Waals surface area (Å²) in [7, 11) is -4.25. The van der Waals surface area contributed by atoms with Crippen LogP contribution in [0.3, 0.4) is 0 Å². The summed E-state index contributed by atoms with van der Waals surface area (Å²) in [6, 6.07) is 9.52. The summed E-state index contributed by atoms with van der Waals surface area (Å²) in [5.41, 5.74) is 2.64. The van der Waals surface area contributed by atoms with Crippen molar-refractivity contribution < 1.29 is 13.0 Å². The molecule has 0 atom stereocenters. The number of hydrogen-bond donors (Lipinski definition) is 1. The molecule has 0 fully saturated rings. The van der Waals surface area contributed by atoms with Gasteiger partial charge in [0, 0.05) is 5.39 Å². The van der Waals surface area contributed by atoms with Gasteiger partial charge in [-0.15, -0.1) is 0 Å². The minimum Gasteiger partial charge on any atom is -0.282 e. The largest absolute Gasteiger partial charge is 0.295 e. The summed E-state index contributed by atoms with van der Waals surface area (Å²) < 4.78 is 34.1. The molecule has 0 aliphatic rings. The van der Waals surface area contributed by atoms with Crippen LogP contribution in [0.15, 0.2) is 35.2 Å². The van der Waals surface area contributed by atoms with Crippen LogP contribution in [0.5, 0.6) is 0 Å². The Morgan fingerprint density at radius 1 is 0.457 bits per heavy atom. The molecule has 0 saturated carbocycles. The maximum Gasteiger partial charge on any atom is 0.295 e. The second-order valence-electron chi connectivity index (χ2n) is 14.3. The van der Waals surface area contributed by atoms with E-state index in [1.54, 1.807) is 6.07 Å². The molecule has 0 amide bonds. The van der Waals surface area contributed by atoms with E-state index in [0.717, 1.165) is 24.6 Å². The highest BCUT2D eigenvalue weighted by Crippen LogP contribution is 2.29. The van der Waals surface area contributed by atoms with Crippen molar-refractivity contribution >= 4 is 20.9 Å². The molecule has 0 spiro atoms. The van der Waals surface area contributed by atoms with Crippen molar-refractivity contribution in [2.24, 2.45) is 0 Å². The van der Waals surface area contributed by atoms with Crippen LogP contribution in [-0.4, -0.2) is 13.0 Å². The molecule has 0 saturated heterocycles. The Morgan fingerprint density at radius 2 is 0.783 bits per heavy atom. The van der Waals surface area contributed by atoms with Gasteiger partial charge in [0.15, 0.2) is 0 Å². The normalized spacial score (nSPS) is 12.0. The van der Waals surface area contributed by atoms with E-state index in [1.165, 1.54) is 191 Å². The Hall–Kier alpha value is -1.39. The van der Waals surface area contributed by atoms with E-state index in [0.29, 0.717) is 5.39 Å². The van der Waals surface area contributed by atoms with Gasteiger partial charge in [-0.25, -0.2) is 0 Å². The molecule has 0 unspecified atom stereocenters. The van der Waals surface area contributed by atoms with Gasteiger partial charge in [0.05, 0.1) is 0 Å². The molecule has 0 heterocycles. The van der Waals surface area contributed by atoms with E-state index in [-0.39, 0.29) is 4.90 Å². The fourth-order valence-electron chi connectivity index (χ4n) is 7.10. The van der Waals surface area contributed by atoms with E-state index >= 15 is 0 Å². The number of aryl methyl sites for hydroxylation is 2. The molecule has 3 nitrogen and oxygen atoms in total. The zero-order chi connectivity index (χ0) is 33.1. The van der Waals surface area contributed by atoms with Crippen molar-refractivity contribution in [3.8, 4) is 0 Å². The second-order valence-corrected chi connectivity index (χ2v) is 15.7. The van der Waals surface area contributed by atoms with Crippen LogP contribution in [-0.2, 0) is 23.0 Å². The first-order chi connectivity index (χ1) is 22.5. The van der Waals surface area contributed by atoms with Crippen LogP contribution in [0.1, 0.15) is 205 Å². The van der Waals surface area contributed by atoms with Crippen molar-refractivity contribution in [2.75, 3.05) is 0 Å². The highest BCUT2D eigenvalue weighted by molar-refractivity contribution is 7.86. The first-order valence-electron chi connectivity index (χ1n) is 20.0. The van der Waals surface area contributed by atoms with Gasteiger partial charge >= 0.3 is 0 Å². The smallest absolute Gasteiger partial charge is 0.282 e. The molecule has 2 aromatic rings. The van der Waals surface area contributed by atoms with Gasteiger partial charge in [-0.05, 0) is 54.3 Å². The summed E-state index contributed by atoms with van der Waals surface area (Å²) in [6.45, 7) is 4.57. The average molecular weight is 657 g/mol. The first kappa shape index (κ1) is 40.8. The van der Waals surface area contributed by atoms with Crippen molar-refractivity contribution in [1.82, 2.24) is 0 Å². The van der Waals surface area contributed by atoms with Gasteiger partial charge in [-0.2, -0.15) is 8.42 Å². The predicted molar refractivity (Wildman–Crippen MR) is 202 cm³/mol. The van der Waals surface area contributed by atoms with E-state index < -0.39 is 10.1 Å². The third kappa shape index (κ3) is 18.8. The number of fused-ring (bicyclic) bond motifs is 1. The highest BCUT2D eigenvalue weighted by Gasteiger charge is 2.16. The number of hydrogen-bond acceptors (Lipinski definition) is 2. The third-order valence-corrected chi connectivity index (χ3v) is 10.9. The Morgan fingerprint density at radius 3 is 1.13 bits per heavy atom. The Balaban J connectivity index is 1.71. The summed E-state index contributed by atoms with van der Waals surface area (Å²) in [5.74, 6) is 0. The lowest BCUT2D eigenvalue weighted by molar-refractivity contribution is 0.484. The lowest BCUT2D eigenvalue weighted by Crippen LogP contribution is -2.02. The van der Waals surface area contributed by atoms with E-state index in [4.69, 9.17) is 0 Å². The molecule has 0 aromatic heterocycles. The van der Waals surface area contributed by atoms with E-state index in [1.807, 2.05) is 6.07 Å². The predicted octanol–water partition coefficient (Wildman–Crippen LogP) is 14.1. The fraction of sp³-hybridized carbons (Fsp3) is 0.762. The fourth-order valence-corrected chi connectivity index (χ4v) is 7.80. The topological polar surface area (TPSA) is 54.4 Å². The van der Waals surface area contributed by atoms with Crippen molar-refractivity contribution in [3.05, 3.63) is 41.5 Å². The van der Waals surface area contributed by atoms with Gasteiger partial charge in [-0.3, -0.25) is 4.55 Å². The van der Waals surface area contributed by atoms with Gasteiger partial charge in [0.1, 0.15) is 4.90 Å². The number of unbranched alkanes of at least 4 members (excludes halogenated alkanes) is 26. The standard InChI is InChI=1S/C42H72O3S/c1-3-5-7-9-11-13-15-17-19-21-23-25-27-29-32-38-36-40-34-31-35-42(46(43,44)45)41(40)37-39(38)33-30-28-26-24-22-20-18-16-14-12-10-8-6-4-2/h31,34-37H,3-30,32-33H2,1-2H3,(H,43,44,45). The Labute approximate surface area is 285 Å². The molecule has 0 aliphatic carbocycles. The molecule has 0 aliphatic heterocycles. The summed E-state index contributed by atoms with van der Waals surface area (Å²) in [5, 5.41) is 1.58. The Bertz CT molecular complexity index is 1120. The molecule has 2 aromatic carbocycles. The van der Waals surface area contributed by atoms with Crippen molar-refractivity contribution in [3.63, 3.8) is 0 Å². The quantitative estimate of drug-likeness (QED) is 0.0649. The van der Waals surface area contributed by atoms with Crippen LogP contribution in [0.25, 0.3) is 10.8 Å². The van der Waals surface area contributed by atoms with Crippen LogP contribution < -0.4 is 0 Å². The van der Waals surface area contributed by atoms with Crippen LogP contribution in [0.4, 0.5) is 0 Å². The molecular weight excluding hydrogens is 585 g/mol. The minimum atomic E-state index is -4.25. The lowest BCUT2D eigenvalue weighted by Gasteiger charge is -2.14. The zero-order valence-electron chi connectivity index (χ0n) is 30.3. The van der Waals surface area contributed by atoms with Crippen molar-refractivity contribution in [2.45, 2.75) is 211 Å². The SMILES string of the molecule is CCCCCCCCCCCCCCCCc1cc2cccc(S(=O)(=O)O)c2cc1CCCCCCCCCCCCCCCC. The zero-order valence-corrected chi connectivity index (χ0v) is 31.1.